The van der Waals surface area contributed by atoms with E-state index in [1.807, 2.05) is 24.6 Å². The zero-order valence-corrected chi connectivity index (χ0v) is 11.2. The fraction of sp³-hybridized carbons (Fsp3) is 0.500. The molecule has 4 nitrogen and oxygen atoms in total. The highest BCUT2D eigenvalue weighted by molar-refractivity contribution is 7.13. The van der Waals surface area contributed by atoms with Crippen molar-refractivity contribution < 1.29 is 0 Å². The third-order valence-corrected chi connectivity index (χ3v) is 3.96. The topological polar surface area (TPSA) is 56.7 Å². The van der Waals surface area contributed by atoms with Crippen molar-refractivity contribution in [1.82, 2.24) is 14.8 Å². The molecule has 2 unspecified atom stereocenters. The van der Waals surface area contributed by atoms with Gasteiger partial charge in [-0.2, -0.15) is 5.10 Å². The van der Waals surface area contributed by atoms with Crippen LogP contribution in [0.5, 0.6) is 0 Å². The summed E-state index contributed by atoms with van der Waals surface area (Å²) < 4.78 is 1.80. The molecule has 0 fully saturated rings. The molecule has 0 radical (unpaired) electrons. The van der Waals surface area contributed by atoms with Crippen molar-refractivity contribution in [3.63, 3.8) is 0 Å². The van der Waals surface area contributed by atoms with Crippen LogP contribution in [0.3, 0.4) is 0 Å². The van der Waals surface area contributed by atoms with Gasteiger partial charge in [-0.05, 0) is 17.4 Å². The Balaban J connectivity index is 2.31. The first-order chi connectivity index (χ1) is 8.13. The van der Waals surface area contributed by atoms with E-state index >= 15 is 0 Å². The highest BCUT2D eigenvalue weighted by Gasteiger charge is 2.20. The van der Waals surface area contributed by atoms with Crippen molar-refractivity contribution in [2.45, 2.75) is 26.3 Å². The van der Waals surface area contributed by atoms with Gasteiger partial charge >= 0.3 is 0 Å². The molecule has 2 aromatic heterocycles. The molecular weight excluding hydrogens is 232 g/mol. The van der Waals surface area contributed by atoms with Gasteiger partial charge < -0.3 is 5.73 Å². The summed E-state index contributed by atoms with van der Waals surface area (Å²) in [7, 11) is 1.90. The second-order valence-electron chi connectivity index (χ2n) is 4.31. The Labute approximate surface area is 105 Å². The first-order valence-corrected chi connectivity index (χ1v) is 6.71. The van der Waals surface area contributed by atoms with E-state index in [4.69, 9.17) is 5.73 Å². The van der Waals surface area contributed by atoms with Gasteiger partial charge in [-0.3, -0.25) is 4.68 Å². The Morgan fingerprint density at radius 3 is 2.88 bits per heavy atom. The zero-order valence-electron chi connectivity index (χ0n) is 10.4. The van der Waals surface area contributed by atoms with E-state index in [2.05, 4.69) is 23.9 Å². The third kappa shape index (κ3) is 2.40. The Kier molecular flexibility index (Phi) is 3.59. The molecule has 0 spiro atoms. The van der Waals surface area contributed by atoms with Gasteiger partial charge in [0.2, 0.25) is 0 Å². The van der Waals surface area contributed by atoms with Gasteiger partial charge in [0.15, 0.2) is 5.82 Å². The summed E-state index contributed by atoms with van der Waals surface area (Å²) >= 11 is 1.64. The summed E-state index contributed by atoms with van der Waals surface area (Å²) in [6.45, 7) is 4.28. The van der Waals surface area contributed by atoms with Gasteiger partial charge in [-0.25, -0.2) is 4.98 Å². The highest BCUT2D eigenvalue weighted by atomic mass is 32.1. The number of nitrogens with zero attached hydrogens (tertiary/aromatic N) is 3. The summed E-state index contributed by atoms with van der Waals surface area (Å²) in [6.07, 6.45) is 1.04. The van der Waals surface area contributed by atoms with Crippen molar-refractivity contribution in [2.75, 3.05) is 0 Å². The molecule has 17 heavy (non-hydrogen) atoms. The van der Waals surface area contributed by atoms with Gasteiger partial charge in [-0.1, -0.05) is 26.3 Å². The first-order valence-electron chi connectivity index (χ1n) is 5.83. The summed E-state index contributed by atoms with van der Waals surface area (Å²) in [5, 5.41) is 6.45. The lowest BCUT2D eigenvalue weighted by molar-refractivity contribution is 0.425. The van der Waals surface area contributed by atoms with E-state index < -0.39 is 0 Å². The summed E-state index contributed by atoms with van der Waals surface area (Å²) in [5.41, 5.74) is 6.20. The molecule has 0 bridgehead atoms. The fourth-order valence-electron chi connectivity index (χ4n) is 1.71. The Morgan fingerprint density at radius 1 is 1.53 bits per heavy atom. The van der Waals surface area contributed by atoms with Crippen molar-refractivity contribution >= 4 is 11.3 Å². The lowest BCUT2D eigenvalue weighted by Crippen LogP contribution is -2.22. The minimum atomic E-state index is -0.0498. The summed E-state index contributed by atoms with van der Waals surface area (Å²) in [6, 6.07) is 3.98. The van der Waals surface area contributed by atoms with Crippen LogP contribution in [0.15, 0.2) is 17.5 Å². The van der Waals surface area contributed by atoms with Crippen LogP contribution in [0.25, 0.3) is 10.7 Å². The van der Waals surface area contributed by atoms with E-state index in [1.165, 1.54) is 0 Å². The molecule has 0 saturated heterocycles. The van der Waals surface area contributed by atoms with Gasteiger partial charge in [0.25, 0.3) is 0 Å². The first kappa shape index (κ1) is 12.3. The van der Waals surface area contributed by atoms with Crippen LogP contribution in [-0.2, 0) is 7.05 Å². The Bertz CT molecular complexity index is 475. The number of rotatable bonds is 4. The molecule has 0 saturated carbocycles. The standard InChI is InChI=1S/C12H18N4S/c1-4-8(2)10(13)12-14-11(15-16(12)3)9-6-5-7-17-9/h5-8,10H,4,13H2,1-3H3. The van der Waals surface area contributed by atoms with E-state index in [0.29, 0.717) is 5.92 Å². The largest absolute Gasteiger partial charge is 0.321 e. The van der Waals surface area contributed by atoms with Crippen molar-refractivity contribution in [3.05, 3.63) is 23.3 Å². The van der Waals surface area contributed by atoms with Crippen molar-refractivity contribution in [1.29, 1.82) is 0 Å². The van der Waals surface area contributed by atoms with Crippen LogP contribution in [0.2, 0.25) is 0 Å². The predicted octanol–water partition coefficient (Wildman–Crippen LogP) is 2.59. The molecular formula is C12H18N4S. The molecule has 2 atom stereocenters. The molecule has 0 aliphatic heterocycles. The quantitative estimate of drug-likeness (QED) is 0.907. The number of nitrogens with two attached hydrogens (primary N) is 1. The molecule has 2 aromatic rings. The van der Waals surface area contributed by atoms with Crippen LogP contribution in [0.4, 0.5) is 0 Å². The SMILES string of the molecule is CCC(C)C(N)c1nc(-c2cccs2)nn1C. The van der Waals surface area contributed by atoms with E-state index in [-0.39, 0.29) is 6.04 Å². The second-order valence-corrected chi connectivity index (χ2v) is 5.25. The maximum atomic E-state index is 6.20. The predicted molar refractivity (Wildman–Crippen MR) is 70.7 cm³/mol. The van der Waals surface area contributed by atoms with Gasteiger partial charge in [0.05, 0.1) is 10.9 Å². The Morgan fingerprint density at radius 2 is 2.29 bits per heavy atom. The molecule has 2 N–H and O–H groups in total. The maximum absolute atomic E-state index is 6.20. The molecule has 0 aromatic carbocycles. The van der Waals surface area contributed by atoms with E-state index in [0.717, 1.165) is 22.9 Å². The average molecular weight is 250 g/mol. The van der Waals surface area contributed by atoms with Crippen molar-refractivity contribution in [3.8, 4) is 10.7 Å². The van der Waals surface area contributed by atoms with Crippen LogP contribution in [0, 0.1) is 5.92 Å². The van der Waals surface area contributed by atoms with Crippen LogP contribution in [0.1, 0.15) is 32.1 Å². The molecule has 5 heteroatoms. The lowest BCUT2D eigenvalue weighted by Gasteiger charge is -2.16. The molecule has 92 valence electrons. The minimum absolute atomic E-state index is 0.0498. The van der Waals surface area contributed by atoms with E-state index in [1.54, 1.807) is 16.0 Å². The minimum Gasteiger partial charge on any atom is -0.321 e. The molecule has 0 aliphatic carbocycles. The van der Waals surface area contributed by atoms with Crippen LogP contribution in [-0.4, -0.2) is 14.8 Å². The van der Waals surface area contributed by atoms with Crippen molar-refractivity contribution in [2.24, 2.45) is 18.7 Å². The highest BCUT2D eigenvalue weighted by Crippen LogP contribution is 2.25. The molecule has 2 rings (SSSR count). The van der Waals surface area contributed by atoms with Gasteiger partial charge in [0, 0.05) is 7.05 Å². The number of aryl methyl sites for hydroxylation is 1. The average Bonchev–Trinajstić information content (AvgIpc) is 2.95. The van der Waals surface area contributed by atoms with Gasteiger partial charge in [0.1, 0.15) is 5.82 Å². The van der Waals surface area contributed by atoms with Crippen LogP contribution >= 0.6 is 11.3 Å². The monoisotopic (exact) mass is 250 g/mol. The van der Waals surface area contributed by atoms with E-state index in [9.17, 15) is 0 Å². The second kappa shape index (κ2) is 4.98. The normalized spacial score (nSPS) is 14.8. The van der Waals surface area contributed by atoms with Gasteiger partial charge in [-0.15, -0.1) is 11.3 Å². The number of aromatic nitrogens is 3. The summed E-state index contributed by atoms with van der Waals surface area (Å²) in [4.78, 5) is 5.64. The van der Waals surface area contributed by atoms with Crippen LogP contribution < -0.4 is 5.73 Å². The fourth-order valence-corrected chi connectivity index (χ4v) is 2.36. The molecule has 0 aliphatic rings. The maximum Gasteiger partial charge on any atom is 0.191 e. The number of hydrogen-bond donors (Lipinski definition) is 1. The zero-order chi connectivity index (χ0) is 12.4. The number of hydrogen-bond acceptors (Lipinski definition) is 4. The molecule has 2 heterocycles. The molecule has 0 amide bonds. The third-order valence-electron chi connectivity index (χ3n) is 3.09. The Hall–Kier alpha value is -1.20. The smallest absolute Gasteiger partial charge is 0.191 e. The summed E-state index contributed by atoms with van der Waals surface area (Å²) in [5.74, 6) is 2.05. The number of thiophene rings is 1. The lowest BCUT2D eigenvalue weighted by atomic mass is 9.99.